The van der Waals surface area contributed by atoms with E-state index in [1.165, 1.54) is 6.07 Å². The first-order valence-electron chi connectivity index (χ1n) is 10.00. The Morgan fingerprint density at radius 1 is 1.23 bits per heavy atom. The minimum atomic E-state index is -3.75. The smallest absolute Gasteiger partial charge is 0.311 e. The molecule has 1 aromatic heterocycles. The summed E-state index contributed by atoms with van der Waals surface area (Å²) in [6, 6.07) is 12.5. The van der Waals surface area contributed by atoms with Crippen LogP contribution in [0.4, 0.5) is 0 Å². The molecule has 2 atom stereocenters. The summed E-state index contributed by atoms with van der Waals surface area (Å²) in [6.45, 7) is 9.44. The molecule has 1 fully saturated rings. The molecule has 4 nitrogen and oxygen atoms in total. The third kappa shape index (κ3) is 5.76. The Bertz CT molecular complexity index is 1100. The van der Waals surface area contributed by atoms with Gasteiger partial charge in [0.05, 0.1) is 11.2 Å². The largest absolute Gasteiger partial charge is 0.481 e. The third-order valence-electron chi connectivity index (χ3n) is 5.08. The van der Waals surface area contributed by atoms with Gasteiger partial charge in [0.1, 0.15) is 4.21 Å². The lowest BCUT2D eigenvalue weighted by molar-refractivity contribution is -0.142. The Morgan fingerprint density at radius 3 is 2.42 bits per heavy atom. The van der Waals surface area contributed by atoms with E-state index >= 15 is 0 Å². The van der Waals surface area contributed by atoms with E-state index < -0.39 is 27.0 Å². The topological polar surface area (TPSA) is 71.4 Å². The zero-order valence-corrected chi connectivity index (χ0v) is 20.2. The fraction of sp³-hybridized carbons (Fsp3) is 0.292. The van der Waals surface area contributed by atoms with Crippen LogP contribution >= 0.6 is 22.9 Å². The summed E-state index contributed by atoms with van der Waals surface area (Å²) in [7, 11) is -3.75. The van der Waals surface area contributed by atoms with E-state index in [1.807, 2.05) is 57.2 Å². The van der Waals surface area contributed by atoms with Gasteiger partial charge in [-0.2, -0.15) is 0 Å². The number of rotatable bonds is 8. The zero-order valence-electron chi connectivity index (χ0n) is 17.8. The van der Waals surface area contributed by atoms with Crippen LogP contribution in [0.2, 0.25) is 0 Å². The molecule has 7 heteroatoms. The van der Waals surface area contributed by atoms with Crippen molar-refractivity contribution < 1.29 is 18.3 Å². The molecule has 1 aliphatic rings. The molecule has 1 aliphatic carbocycles. The number of allylic oxidation sites excluding steroid dienone is 5. The number of hydrogen-bond acceptors (Lipinski definition) is 4. The van der Waals surface area contributed by atoms with Crippen molar-refractivity contribution in [3.8, 4) is 0 Å². The molecule has 1 N–H and O–H groups in total. The number of halogens is 1. The van der Waals surface area contributed by atoms with Crippen molar-refractivity contribution in [2.24, 2.45) is 5.41 Å². The van der Waals surface area contributed by atoms with E-state index in [0.717, 1.165) is 27.4 Å². The minimum Gasteiger partial charge on any atom is -0.481 e. The Morgan fingerprint density at radius 2 is 1.87 bits per heavy atom. The SMILES string of the molecule is C=C(Cl)/C=C\C(=C/C)c1ccc(S(=O)(=O)CC2(C(=O)O)CC2c2ccccc2)s1.CC. The second kappa shape index (κ2) is 10.4. The van der Waals surface area contributed by atoms with E-state index in [-0.39, 0.29) is 10.1 Å². The molecule has 0 aliphatic heterocycles. The third-order valence-corrected chi connectivity index (χ3v) is 8.79. The van der Waals surface area contributed by atoms with Crippen LogP contribution in [0, 0.1) is 5.41 Å². The molecule has 0 spiro atoms. The molecule has 0 bridgehead atoms. The van der Waals surface area contributed by atoms with Crippen LogP contribution in [0.3, 0.4) is 0 Å². The van der Waals surface area contributed by atoms with Gasteiger partial charge < -0.3 is 5.11 Å². The number of sulfone groups is 1. The number of carboxylic acids is 1. The normalized spacial score (nSPS) is 20.8. The fourth-order valence-electron chi connectivity index (χ4n) is 3.44. The highest BCUT2D eigenvalue weighted by molar-refractivity contribution is 7.93. The van der Waals surface area contributed by atoms with Crippen LogP contribution in [-0.4, -0.2) is 25.2 Å². The first-order valence-corrected chi connectivity index (χ1v) is 12.8. The predicted molar refractivity (Wildman–Crippen MR) is 129 cm³/mol. The van der Waals surface area contributed by atoms with Gasteiger partial charge in [-0.05, 0) is 42.7 Å². The monoisotopic (exact) mass is 478 g/mol. The predicted octanol–water partition coefficient (Wildman–Crippen LogP) is 6.52. The van der Waals surface area contributed by atoms with Gasteiger partial charge in [-0.3, -0.25) is 4.79 Å². The molecule has 2 unspecified atom stereocenters. The van der Waals surface area contributed by atoms with Gasteiger partial charge in [-0.25, -0.2) is 8.42 Å². The lowest BCUT2D eigenvalue weighted by atomic mass is 10.0. The number of carboxylic acid groups (broad SMARTS) is 1. The quantitative estimate of drug-likeness (QED) is 0.438. The summed E-state index contributed by atoms with van der Waals surface area (Å²) in [5.74, 6) is -1.77. The lowest BCUT2D eigenvalue weighted by Crippen LogP contribution is -2.26. The van der Waals surface area contributed by atoms with Gasteiger partial charge >= 0.3 is 5.97 Å². The van der Waals surface area contributed by atoms with Gasteiger partial charge in [0.15, 0.2) is 9.84 Å². The van der Waals surface area contributed by atoms with Gasteiger partial charge in [0.2, 0.25) is 0 Å². The molecule has 1 aromatic carbocycles. The molecule has 1 saturated carbocycles. The van der Waals surface area contributed by atoms with Crippen molar-refractivity contribution in [1.29, 1.82) is 0 Å². The Kier molecular flexibility index (Phi) is 8.46. The van der Waals surface area contributed by atoms with E-state index in [4.69, 9.17) is 11.6 Å². The van der Waals surface area contributed by atoms with E-state index in [1.54, 1.807) is 18.2 Å². The van der Waals surface area contributed by atoms with E-state index in [0.29, 0.717) is 11.5 Å². The summed E-state index contributed by atoms with van der Waals surface area (Å²) < 4.78 is 26.2. The first kappa shape index (κ1) is 25.1. The average Bonchev–Trinajstić information content (AvgIpc) is 3.24. The fourth-order valence-corrected chi connectivity index (χ4v) is 6.79. The Labute approximate surface area is 193 Å². The van der Waals surface area contributed by atoms with Crippen molar-refractivity contribution in [3.63, 3.8) is 0 Å². The summed E-state index contributed by atoms with van der Waals surface area (Å²) in [6.07, 6.45) is 5.58. The molecular formula is C24H27ClO4S2. The Balaban J connectivity index is 0.00000166. The minimum absolute atomic E-state index is 0.171. The van der Waals surface area contributed by atoms with E-state index in [2.05, 4.69) is 6.58 Å². The second-order valence-corrected chi connectivity index (χ2v) is 10.8. The highest BCUT2D eigenvalue weighted by atomic mass is 35.5. The van der Waals surface area contributed by atoms with Crippen LogP contribution in [-0.2, 0) is 14.6 Å². The number of aliphatic carboxylic acids is 1. The zero-order chi connectivity index (χ0) is 23.2. The van der Waals surface area contributed by atoms with Crippen LogP contribution in [0.15, 0.2) is 76.5 Å². The maximum absolute atomic E-state index is 13.0. The molecule has 0 saturated heterocycles. The van der Waals surface area contributed by atoms with Crippen LogP contribution in [0.25, 0.3) is 5.57 Å². The maximum Gasteiger partial charge on any atom is 0.311 e. The van der Waals surface area contributed by atoms with Crippen LogP contribution in [0.1, 0.15) is 43.6 Å². The first-order chi connectivity index (χ1) is 14.7. The lowest BCUT2D eigenvalue weighted by Gasteiger charge is -2.12. The molecule has 2 aromatic rings. The summed E-state index contributed by atoms with van der Waals surface area (Å²) >= 11 is 6.89. The summed E-state index contributed by atoms with van der Waals surface area (Å²) in [4.78, 5) is 12.7. The number of hydrogen-bond donors (Lipinski definition) is 1. The van der Waals surface area contributed by atoms with Crippen molar-refractivity contribution in [2.75, 3.05) is 5.75 Å². The molecule has 166 valence electrons. The maximum atomic E-state index is 13.0. The molecule has 3 rings (SSSR count). The number of benzene rings is 1. The van der Waals surface area contributed by atoms with Gasteiger partial charge in [0.25, 0.3) is 0 Å². The molecule has 1 heterocycles. The highest BCUT2D eigenvalue weighted by Crippen LogP contribution is 2.60. The van der Waals surface area contributed by atoms with Gasteiger partial charge in [-0.1, -0.05) is 74.5 Å². The summed E-state index contributed by atoms with van der Waals surface area (Å²) in [5, 5.41) is 10.2. The van der Waals surface area contributed by atoms with Crippen LogP contribution in [0.5, 0.6) is 0 Å². The molecule has 31 heavy (non-hydrogen) atoms. The number of carbonyl (C=O) groups is 1. The van der Waals surface area contributed by atoms with Crippen molar-refractivity contribution in [2.45, 2.75) is 37.3 Å². The van der Waals surface area contributed by atoms with Gasteiger partial charge in [-0.15, -0.1) is 11.3 Å². The highest BCUT2D eigenvalue weighted by Gasteiger charge is 2.63. The molecule has 0 radical (unpaired) electrons. The second-order valence-electron chi connectivity index (χ2n) is 7.03. The van der Waals surface area contributed by atoms with Gasteiger partial charge in [0, 0.05) is 15.8 Å². The molecular weight excluding hydrogens is 452 g/mol. The van der Waals surface area contributed by atoms with E-state index in [9.17, 15) is 18.3 Å². The molecule has 0 amide bonds. The summed E-state index contributed by atoms with van der Waals surface area (Å²) in [5.41, 5.74) is 0.406. The van der Waals surface area contributed by atoms with Crippen molar-refractivity contribution in [3.05, 3.63) is 82.7 Å². The van der Waals surface area contributed by atoms with Crippen molar-refractivity contribution >= 4 is 44.3 Å². The average molecular weight is 479 g/mol. The van der Waals surface area contributed by atoms with Crippen molar-refractivity contribution in [1.82, 2.24) is 0 Å². The standard InChI is InChI=1S/C22H21ClO4S2.C2H6/c1-3-16(10-9-15(2)23)19-11-12-20(28-19)29(26,27)14-22(21(24)25)13-18(22)17-7-5-4-6-8-17;1-2/h3-12,18H,2,13-14H2,1H3,(H,24,25);1-2H3/b10-9-,16-3+;. The number of thiophene rings is 1. The Hall–Kier alpha value is -2.15. The van der Waals surface area contributed by atoms with Crippen LogP contribution < -0.4 is 0 Å².